The molecule has 0 aliphatic carbocycles. The quantitative estimate of drug-likeness (QED) is 0.654. The zero-order valence-electron chi connectivity index (χ0n) is 8.20. The van der Waals surface area contributed by atoms with Gasteiger partial charge in [-0.15, -0.1) is 0 Å². The lowest BCUT2D eigenvalue weighted by molar-refractivity contribution is -0.147. The Morgan fingerprint density at radius 1 is 1.46 bits per heavy atom. The van der Waals surface area contributed by atoms with E-state index in [1.54, 1.807) is 0 Å². The smallest absolute Gasteiger partial charge is 0.326 e. The van der Waals surface area contributed by atoms with Gasteiger partial charge in [-0.2, -0.15) is 0 Å². The van der Waals surface area contributed by atoms with E-state index in [0.29, 0.717) is 13.0 Å². The van der Waals surface area contributed by atoms with Crippen LogP contribution in [-0.4, -0.2) is 34.5 Å². The topological polar surface area (TPSA) is 57.6 Å². The molecule has 1 heterocycles. The second-order valence-electron chi connectivity index (χ2n) is 4.37. The van der Waals surface area contributed by atoms with Crippen molar-refractivity contribution >= 4 is 11.9 Å². The molecule has 0 saturated carbocycles. The van der Waals surface area contributed by atoms with Crippen molar-refractivity contribution in [2.75, 3.05) is 6.54 Å². The van der Waals surface area contributed by atoms with Crippen LogP contribution >= 0.6 is 0 Å². The van der Waals surface area contributed by atoms with E-state index in [1.807, 2.05) is 13.8 Å². The van der Waals surface area contributed by atoms with E-state index in [2.05, 4.69) is 0 Å². The fourth-order valence-electron chi connectivity index (χ4n) is 1.82. The Bertz CT molecular complexity index is 223. The summed E-state index contributed by atoms with van der Waals surface area (Å²) in [6.45, 7) is 5.91. The summed E-state index contributed by atoms with van der Waals surface area (Å²) in [5.41, 5.74) is -0.0747. The van der Waals surface area contributed by atoms with Gasteiger partial charge in [0.15, 0.2) is 0 Å². The normalized spacial score (nSPS) is 26.1. The van der Waals surface area contributed by atoms with Crippen molar-refractivity contribution in [3.05, 3.63) is 0 Å². The van der Waals surface area contributed by atoms with Gasteiger partial charge in [0.25, 0.3) is 0 Å². The number of rotatable bonds is 1. The van der Waals surface area contributed by atoms with Crippen LogP contribution < -0.4 is 0 Å². The number of likely N-dealkylation sites (tertiary alicyclic amines) is 1. The van der Waals surface area contributed by atoms with Crippen molar-refractivity contribution in [1.82, 2.24) is 4.90 Å². The van der Waals surface area contributed by atoms with Gasteiger partial charge in [-0.1, -0.05) is 13.8 Å². The molecule has 0 bridgehead atoms. The highest BCUT2D eigenvalue weighted by Crippen LogP contribution is 2.33. The predicted octanol–water partition coefficient (Wildman–Crippen LogP) is 0.718. The molecule has 4 nitrogen and oxygen atoms in total. The number of carboxylic acid groups (broad SMARTS) is 1. The summed E-state index contributed by atoms with van der Waals surface area (Å²) in [7, 11) is 0. The van der Waals surface area contributed by atoms with Crippen LogP contribution in [0.4, 0.5) is 0 Å². The van der Waals surface area contributed by atoms with Crippen LogP contribution in [0.15, 0.2) is 0 Å². The molecule has 0 spiro atoms. The zero-order chi connectivity index (χ0) is 10.2. The maximum absolute atomic E-state index is 11.1. The molecule has 0 aromatic rings. The minimum atomic E-state index is -0.902. The fourth-order valence-corrected chi connectivity index (χ4v) is 1.82. The maximum atomic E-state index is 11.1. The lowest BCUT2D eigenvalue weighted by Gasteiger charge is -2.20. The second-order valence-corrected chi connectivity index (χ2v) is 4.37. The molecule has 13 heavy (non-hydrogen) atoms. The Kier molecular flexibility index (Phi) is 2.32. The summed E-state index contributed by atoms with van der Waals surface area (Å²) in [5, 5.41) is 8.87. The van der Waals surface area contributed by atoms with Gasteiger partial charge in [0, 0.05) is 13.5 Å². The van der Waals surface area contributed by atoms with Crippen molar-refractivity contribution in [2.45, 2.75) is 33.2 Å². The lowest BCUT2D eigenvalue weighted by atomic mass is 9.91. The molecule has 1 rings (SSSR count). The molecular weight excluding hydrogens is 170 g/mol. The molecule has 1 aliphatic heterocycles. The van der Waals surface area contributed by atoms with Crippen LogP contribution in [0.5, 0.6) is 0 Å². The lowest BCUT2D eigenvalue weighted by Crippen LogP contribution is -2.39. The van der Waals surface area contributed by atoms with E-state index in [9.17, 15) is 9.59 Å². The van der Waals surface area contributed by atoms with E-state index >= 15 is 0 Å². The van der Waals surface area contributed by atoms with Crippen LogP contribution in [0.1, 0.15) is 27.2 Å². The van der Waals surface area contributed by atoms with Crippen LogP contribution in [0.2, 0.25) is 0 Å². The molecule has 0 radical (unpaired) electrons. The van der Waals surface area contributed by atoms with Gasteiger partial charge >= 0.3 is 5.97 Å². The summed E-state index contributed by atoms with van der Waals surface area (Å²) in [6, 6.07) is -0.632. The summed E-state index contributed by atoms with van der Waals surface area (Å²) in [5.74, 6) is -1.06. The van der Waals surface area contributed by atoms with E-state index in [1.165, 1.54) is 11.8 Å². The predicted molar refractivity (Wildman–Crippen MR) is 47.2 cm³/mol. The monoisotopic (exact) mass is 185 g/mol. The molecule has 1 atom stereocenters. The summed E-state index contributed by atoms with van der Waals surface area (Å²) in [6.07, 6.45) is 0.544. The van der Waals surface area contributed by atoms with Crippen molar-refractivity contribution in [3.8, 4) is 0 Å². The molecule has 74 valence electrons. The minimum absolute atomic E-state index is 0.0747. The van der Waals surface area contributed by atoms with Gasteiger partial charge < -0.3 is 10.0 Å². The molecular formula is C9H15NO3. The largest absolute Gasteiger partial charge is 0.480 e. The highest BCUT2D eigenvalue weighted by atomic mass is 16.4. The number of hydrogen-bond acceptors (Lipinski definition) is 2. The first kappa shape index (κ1) is 10.0. The molecule has 1 saturated heterocycles. The van der Waals surface area contributed by atoms with Crippen molar-refractivity contribution in [2.24, 2.45) is 5.41 Å². The molecule has 4 heteroatoms. The van der Waals surface area contributed by atoms with Crippen LogP contribution in [0, 0.1) is 5.41 Å². The number of nitrogens with zero attached hydrogens (tertiary/aromatic N) is 1. The second kappa shape index (κ2) is 3.01. The number of carboxylic acids is 1. The Balaban J connectivity index is 2.83. The first-order valence-electron chi connectivity index (χ1n) is 4.33. The first-order valence-corrected chi connectivity index (χ1v) is 4.33. The van der Waals surface area contributed by atoms with Crippen molar-refractivity contribution in [3.63, 3.8) is 0 Å². The Morgan fingerprint density at radius 2 is 2.00 bits per heavy atom. The minimum Gasteiger partial charge on any atom is -0.480 e. The molecule has 1 N–H and O–H groups in total. The molecule has 1 amide bonds. The molecule has 0 aromatic heterocycles. The standard InChI is InChI=1S/C9H15NO3/c1-6(11)10-5-9(2,3)4-7(10)8(12)13/h7H,4-5H2,1-3H3,(H,12,13)/t7-/m0/s1. The Morgan fingerprint density at radius 3 is 2.31 bits per heavy atom. The third-order valence-electron chi connectivity index (χ3n) is 2.41. The van der Waals surface area contributed by atoms with Crippen LogP contribution in [0.3, 0.4) is 0 Å². The van der Waals surface area contributed by atoms with Gasteiger partial charge in [-0.3, -0.25) is 4.79 Å². The third-order valence-corrected chi connectivity index (χ3v) is 2.41. The van der Waals surface area contributed by atoms with Crippen LogP contribution in [-0.2, 0) is 9.59 Å². The van der Waals surface area contributed by atoms with E-state index in [4.69, 9.17) is 5.11 Å². The average Bonchev–Trinajstić information content (AvgIpc) is 2.26. The number of carbonyl (C=O) groups is 2. The average molecular weight is 185 g/mol. The van der Waals surface area contributed by atoms with Crippen molar-refractivity contribution < 1.29 is 14.7 Å². The van der Waals surface area contributed by atoms with Gasteiger partial charge in [0.05, 0.1) is 0 Å². The van der Waals surface area contributed by atoms with E-state index < -0.39 is 12.0 Å². The SMILES string of the molecule is CC(=O)N1CC(C)(C)C[C@H]1C(=O)O. The number of amides is 1. The Labute approximate surface area is 77.5 Å². The zero-order valence-corrected chi connectivity index (χ0v) is 8.20. The fraction of sp³-hybridized carbons (Fsp3) is 0.778. The number of hydrogen-bond donors (Lipinski definition) is 1. The van der Waals surface area contributed by atoms with Crippen molar-refractivity contribution in [1.29, 1.82) is 0 Å². The maximum Gasteiger partial charge on any atom is 0.326 e. The summed E-state index contributed by atoms with van der Waals surface area (Å²) >= 11 is 0. The van der Waals surface area contributed by atoms with Gasteiger partial charge in [-0.25, -0.2) is 4.79 Å². The summed E-state index contributed by atoms with van der Waals surface area (Å²) in [4.78, 5) is 23.4. The van der Waals surface area contributed by atoms with Crippen LogP contribution in [0.25, 0.3) is 0 Å². The third kappa shape index (κ3) is 1.99. The molecule has 1 fully saturated rings. The highest BCUT2D eigenvalue weighted by Gasteiger charge is 2.42. The van der Waals surface area contributed by atoms with E-state index in [-0.39, 0.29) is 11.3 Å². The highest BCUT2D eigenvalue weighted by molar-refractivity contribution is 5.83. The first-order chi connectivity index (χ1) is 5.83. The van der Waals surface area contributed by atoms with Gasteiger partial charge in [0.1, 0.15) is 6.04 Å². The van der Waals surface area contributed by atoms with Gasteiger partial charge in [0.2, 0.25) is 5.91 Å². The summed E-state index contributed by atoms with van der Waals surface area (Å²) < 4.78 is 0. The Hall–Kier alpha value is -1.06. The molecule has 0 unspecified atom stereocenters. The number of aliphatic carboxylic acids is 1. The molecule has 0 aromatic carbocycles. The number of carbonyl (C=O) groups excluding carboxylic acids is 1. The molecule has 1 aliphatic rings. The van der Waals surface area contributed by atoms with E-state index in [0.717, 1.165) is 0 Å². The van der Waals surface area contributed by atoms with Gasteiger partial charge in [-0.05, 0) is 11.8 Å².